The zero-order valence-corrected chi connectivity index (χ0v) is 20.9. The number of aliphatic carboxylic acids is 1. The van der Waals surface area contributed by atoms with E-state index in [2.05, 4.69) is 78.1 Å². The van der Waals surface area contributed by atoms with Gasteiger partial charge in [-0.15, -0.1) is 0 Å². The first-order valence-corrected chi connectivity index (χ1v) is 12.5. The molecule has 0 aromatic heterocycles. The number of hydrogen-bond donors (Lipinski definition) is 2. The number of hydrogen-bond acceptors (Lipinski definition) is 2. The third kappa shape index (κ3) is 6.39. The van der Waals surface area contributed by atoms with Crippen molar-refractivity contribution in [1.29, 1.82) is 0 Å². The third-order valence-corrected chi connectivity index (χ3v) is 6.81. The van der Waals surface area contributed by atoms with Crippen LogP contribution in [0, 0.1) is 5.92 Å². The van der Waals surface area contributed by atoms with Crippen LogP contribution in [0.25, 0.3) is 21.9 Å². The molecule has 0 aliphatic rings. The van der Waals surface area contributed by atoms with E-state index in [-0.39, 0.29) is 36.6 Å². The second-order valence-corrected chi connectivity index (χ2v) is 9.70. The van der Waals surface area contributed by atoms with Crippen molar-refractivity contribution in [2.24, 2.45) is 5.92 Å². The van der Waals surface area contributed by atoms with Gasteiger partial charge in [-0.3, -0.25) is 9.59 Å². The minimum atomic E-state index is -0.879. The molecule has 3 unspecified atom stereocenters. The lowest BCUT2D eigenvalue weighted by Gasteiger charge is -2.27. The molecule has 4 aromatic rings. The highest BCUT2D eigenvalue weighted by molar-refractivity contribution is 5.85. The summed E-state index contributed by atoms with van der Waals surface area (Å²) in [5.74, 6) is -1.15. The summed E-state index contributed by atoms with van der Waals surface area (Å²) < 4.78 is 0. The molecule has 4 heteroatoms. The van der Waals surface area contributed by atoms with Crippen molar-refractivity contribution in [2.45, 2.75) is 45.1 Å². The summed E-state index contributed by atoms with van der Waals surface area (Å²) in [5.41, 5.74) is 4.73. The molecule has 0 aliphatic carbocycles. The summed E-state index contributed by atoms with van der Waals surface area (Å²) in [4.78, 5) is 23.8. The zero-order valence-electron chi connectivity index (χ0n) is 20.9. The molecule has 0 radical (unpaired) electrons. The van der Waals surface area contributed by atoms with E-state index in [1.807, 2.05) is 31.2 Å². The fourth-order valence-electron chi connectivity index (χ4n) is 4.94. The van der Waals surface area contributed by atoms with E-state index in [9.17, 15) is 9.59 Å². The standard InChI is InChI=1S/C32H33NO3/c1-22(20-32(35)36)19-31(34)33-23(2)30(21-28-13-8-12-26-11-6-7-14-29(26)28)27-17-15-25(16-18-27)24-9-4-3-5-10-24/h3-18,22-23,30H,19-21H2,1-2H3,(H,33,34)(H,35,36). The first-order chi connectivity index (χ1) is 17.4. The fraction of sp³-hybridized carbons (Fsp3) is 0.250. The number of amides is 1. The Morgan fingerprint density at radius 3 is 2.11 bits per heavy atom. The van der Waals surface area contributed by atoms with E-state index in [0.717, 1.165) is 17.5 Å². The summed E-state index contributed by atoms with van der Waals surface area (Å²) >= 11 is 0. The Morgan fingerprint density at radius 1 is 0.750 bits per heavy atom. The number of carboxylic acids is 1. The maximum absolute atomic E-state index is 12.8. The number of nitrogens with one attached hydrogen (secondary N) is 1. The topological polar surface area (TPSA) is 66.4 Å². The smallest absolute Gasteiger partial charge is 0.303 e. The van der Waals surface area contributed by atoms with Gasteiger partial charge in [-0.25, -0.2) is 0 Å². The second-order valence-electron chi connectivity index (χ2n) is 9.70. The molecule has 4 nitrogen and oxygen atoms in total. The van der Waals surface area contributed by atoms with Gasteiger partial charge in [0.25, 0.3) is 0 Å². The first kappa shape index (κ1) is 25.2. The van der Waals surface area contributed by atoms with Crippen molar-refractivity contribution in [3.05, 3.63) is 108 Å². The average Bonchev–Trinajstić information content (AvgIpc) is 2.87. The van der Waals surface area contributed by atoms with E-state index < -0.39 is 5.97 Å². The highest BCUT2D eigenvalue weighted by Gasteiger charge is 2.23. The minimum Gasteiger partial charge on any atom is -0.481 e. The van der Waals surface area contributed by atoms with E-state index in [4.69, 9.17) is 5.11 Å². The van der Waals surface area contributed by atoms with Crippen molar-refractivity contribution in [3.63, 3.8) is 0 Å². The maximum Gasteiger partial charge on any atom is 0.303 e. The second kappa shape index (κ2) is 11.7. The van der Waals surface area contributed by atoms with Gasteiger partial charge in [0.2, 0.25) is 5.91 Å². The van der Waals surface area contributed by atoms with Crippen molar-refractivity contribution < 1.29 is 14.7 Å². The SMILES string of the molecule is CC(CC(=O)O)CC(=O)NC(C)C(Cc1cccc2ccccc12)c1ccc(-c2ccccc2)cc1. The van der Waals surface area contributed by atoms with Gasteiger partial charge >= 0.3 is 5.97 Å². The number of carbonyl (C=O) groups is 2. The predicted octanol–water partition coefficient (Wildman–Crippen LogP) is 6.84. The first-order valence-electron chi connectivity index (χ1n) is 12.5. The van der Waals surface area contributed by atoms with E-state index >= 15 is 0 Å². The van der Waals surface area contributed by atoms with Gasteiger partial charge in [-0.1, -0.05) is 104 Å². The van der Waals surface area contributed by atoms with E-state index in [0.29, 0.717) is 0 Å². The molecule has 0 bridgehead atoms. The Labute approximate surface area is 213 Å². The lowest BCUT2D eigenvalue weighted by Crippen LogP contribution is -2.38. The summed E-state index contributed by atoms with van der Waals surface area (Å²) in [5, 5.41) is 14.6. The molecule has 0 fully saturated rings. The molecule has 0 spiro atoms. The van der Waals surface area contributed by atoms with Crippen LogP contribution in [0.1, 0.15) is 43.7 Å². The van der Waals surface area contributed by atoms with E-state index in [1.165, 1.54) is 21.9 Å². The van der Waals surface area contributed by atoms with Crippen LogP contribution in [0.5, 0.6) is 0 Å². The number of carbonyl (C=O) groups excluding carboxylic acids is 1. The molecule has 1 amide bonds. The minimum absolute atomic E-state index is 0.0117. The van der Waals surface area contributed by atoms with Crippen LogP contribution in [0.4, 0.5) is 0 Å². The van der Waals surface area contributed by atoms with Crippen molar-refractivity contribution >= 4 is 22.6 Å². The van der Waals surface area contributed by atoms with Crippen molar-refractivity contribution in [1.82, 2.24) is 5.32 Å². The maximum atomic E-state index is 12.8. The van der Waals surface area contributed by atoms with Crippen molar-refractivity contribution in [2.75, 3.05) is 0 Å². The Hall–Kier alpha value is -3.92. The van der Waals surface area contributed by atoms with Gasteiger partial charge in [0.15, 0.2) is 0 Å². The average molecular weight is 480 g/mol. The van der Waals surface area contributed by atoms with Crippen LogP contribution in [0.3, 0.4) is 0 Å². The van der Waals surface area contributed by atoms with Gasteiger partial charge in [0.05, 0.1) is 0 Å². The molecule has 0 aliphatic heterocycles. The molecule has 0 heterocycles. The Kier molecular flexibility index (Phi) is 8.17. The van der Waals surface area contributed by atoms with Gasteiger partial charge < -0.3 is 10.4 Å². The van der Waals surface area contributed by atoms with Gasteiger partial charge in [-0.05, 0) is 52.3 Å². The predicted molar refractivity (Wildman–Crippen MR) is 146 cm³/mol. The van der Waals surface area contributed by atoms with Crippen LogP contribution < -0.4 is 5.32 Å². The van der Waals surface area contributed by atoms with Crippen LogP contribution in [-0.4, -0.2) is 23.0 Å². The van der Waals surface area contributed by atoms with Crippen LogP contribution >= 0.6 is 0 Å². The molecule has 184 valence electrons. The molecular formula is C32H33NO3. The van der Waals surface area contributed by atoms with Crippen LogP contribution in [0.15, 0.2) is 97.1 Å². The number of benzene rings is 4. The molecule has 36 heavy (non-hydrogen) atoms. The van der Waals surface area contributed by atoms with Crippen molar-refractivity contribution in [3.8, 4) is 11.1 Å². The van der Waals surface area contributed by atoms with Gasteiger partial charge in [0.1, 0.15) is 0 Å². The quantitative estimate of drug-likeness (QED) is 0.262. The monoisotopic (exact) mass is 479 g/mol. The molecule has 4 aromatic carbocycles. The highest BCUT2D eigenvalue weighted by atomic mass is 16.4. The van der Waals surface area contributed by atoms with Gasteiger partial charge in [0, 0.05) is 24.8 Å². The Balaban J connectivity index is 1.60. The number of carboxylic acid groups (broad SMARTS) is 1. The largest absolute Gasteiger partial charge is 0.481 e. The van der Waals surface area contributed by atoms with E-state index in [1.54, 1.807) is 6.92 Å². The lowest BCUT2D eigenvalue weighted by atomic mass is 9.84. The zero-order chi connectivity index (χ0) is 25.5. The number of rotatable bonds is 10. The van der Waals surface area contributed by atoms with Crippen LogP contribution in [0.2, 0.25) is 0 Å². The third-order valence-electron chi connectivity index (χ3n) is 6.81. The summed E-state index contributed by atoms with van der Waals surface area (Å²) in [6.45, 7) is 3.84. The molecule has 4 rings (SSSR count). The number of fused-ring (bicyclic) bond motifs is 1. The summed E-state index contributed by atoms with van der Waals surface area (Å²) in [6.07, 6.45) is 0.963. The summed E-state index contributed by atoms with van der Waals surface area (Å²) in [6, 6.07) is 33.5. The fourth-order valence-corrected chi connectivity index (χ4v) is 4.94. The lowest BCUT2D eigenvalue weighted by molar-refractivity contribution is -0.138. The molecule has 3 atom stereocenters. The molecule has 0 saturated heterocycles. The van der Waals surface area contributed by atoms with Gasteiger partial charge in [-0.2, -0.15) is 0 Å². The molecule has 2 N–H and O–H groups in total. The Bertz CT molecular complexity index is 1310. The summed E-state index contributed by atoms with van der Waals surface area (Å²) in [7, 11) is 0. The highest BCUT2D eigenvalue weighted by Crippen LogP contribution is 2.30. The van der Waals surface area contributed by atoms with Crippen LogP contribution in [-0.2, 0) is 16.0 Å². The Morgan fingerprint density at radius 2 is 1.39 bits per heavy atom. The molecular weight excluding hydrogens is 446 g/mol. The normalized spacial score (nSPS) is 13.6. The molecule has 0 saturated carbocycles.